The first-order valence-electron chi connectivity index (χ1n) is 6.51. The summed E-state index contributed by atoms with van der Waals surface area (Å²) in [6, 6.07) is 11.0. The molecule has 6 heteroatoms. The normalized spacial score (nSPS) is 10.9. The van der Waals surface area contributed by atoms with Crippen LogP contribution in [0.1, 0.15) is 16.7 Å². The lowest BCUT2D eigenvalue weighted by Crippen LogP contribution is -2.19. The van der Waals surface area contributed by atoms with Gasteiger partial charge in [0.15, 0.2) is 0 Å². The summed E-state index contributed by atoms with van der Waals surface area (Å²) in [5.41, 5.74) is 4.62. The molecule has 0 aliphatic rings. The maximum atomic E-state index is 11.8. The number of rotatable bonds is 4. The van der Waals surface area contributed by atoms with Crippen molar-refractivity contribution in [2.45, 2.75) is 13.3 Å². The van der Waals surface area contributed by atoms with Gasteiger partial charge in [0.05, 0.1) is 12.6 Å². The molecule has 2 aromatic carbocycles. The fraction of sp³-hybridized carbons (Fsp3) is 0.125. The Hall–Kier alpha value is -1.66. The molecule has 0 aliphatic carbocycles. The van der Waals surface area contributed by atoms with Gasteiger partial charge in [0.1, 0.15) is 5.75 Å². The molecule has 0 atom stereocenters. The standard InChI is InChI=1S/C16H14Br2N2O2/c1-10-6-14(18)8-12(16(10)22)9-19-20-15(21)7-11-2-4-13(17)5-3-11/h2-6,8-9,22H,7H2,1H3,(H,20,21). The number of benzene rings is 2. The molecule has 4 nitrogen and oxygen atoms in total. The topological polar surface area (TPSA) is 61.7 Å². The second-order valence-electron chi connectivity index (χ2n) is 4.76. The fourth-order valence-corrected chi connectivity index (χ4v) is 2.72. The van der Waals surface area contributed by atoms with E-state index >= 15 is 0 Å². The summed E-state index contributed by atoms with van der Waals surface area (Å²) in [6.07, 6.45) is 1.67. The molecule has 114 valence electrons. The molecule has 0 aromatic heterocycles. The average Bonchev–Trinajstić information content (AvgIpc) is 2.46. The minimum atomic E-state index is -0.218. The van der Waals surface area contributed by atoms with Gasteiger partial charge < -0.3 is 5.11 Å². The third kappa shape index (κ3) is 4.68. The summed E-state index contributed by atoms with van der Waals surface area (Å²) in [4.78, 5) is 11.8. The Morgan fingerprint density at radius 1 is 1.23 bits per heavy atom. The Morgan fingerprint density at radius 3 is 2.59 bits per heavy atom. The van der Waals surface area contributed by atoms with Crippen LogP contribution in [0.2, 0.25) is 0 Å². The van der Waals surface area contributed by atoms with E-state index in [1.54, 1.807) is 19.1 Å². The average molecular weight is 426 g/mol. The number of nitrogens with zero attached hydrogens (tertiary/aromatic N) is 1. The molecule has 0 saturated heterocycles. The van der Waals surface area contributed by atoms with E-state index in [0.717, 1.165) is 20.1 Å². The molecule has 22 heavy (non-hydrogen) atoms. The predicted octanol–water partition coefficient (Wildman–Crippen LogP) is 3.92. The molecule has 0 fully saturated rings. The van der Waals surface area contributed by atoms with Crippen molar-refractivity contribution in [2.24, 2.45) is 5.10 Å². The molecular formula is C16H14Br2N2O2. The summed E-state index contributed by atoms with van der Waals surface area (Å²) < 4.78 is 1.81. The Bertz CT molecular complexity index is 713. The molecule has 0 spiro atoms. The van der Waals surface area contributed by atoms with E-state index in [-0.39, 0.29) is 18.1 Å². The van der Waals surface area contributed by atoms with Gasteiger partial charge in [0.25, 0.3) is 0 Å². The van der Waals surface area contributed by atoms with Gasteiger partial charge in [-0.25, -0.2) is 5.43 Å². The molecule has 2 rings (SSSR count). The van der Waals surface area contributed by atoms with E-state index in [2.05, 4.69) is 42.4 Å². The van der Waals surface area contributed by atoms with Gasteiger partial charge in [-0.3, -0.25) is 4.79 Å². The van der Waals surface area contributed by atoms with Crippen molar-refractivity contribution in [1.82, 2.24) is 5.43 Å². The van der Waals surface area contributed by atoms with Crippen molar-refractivity contribution in [2.75, 3.05) is 0 Å². The molecule has 2 aromatic rings. The van der Waals surface area contributed by atoms with Crippen LogP contribution in [-0.4, -0.2) is 17.2 Å². The molecule has 0 saturated carbocycles. The van der Waals surface area contributed by atoms with Crippen molar-refractivity contribution >= 4 is 44.0 Å². The SMILES string of the molecule is Cc1cc(Br)cc(C=NNC(=O)Cc2ccc(Br)cc2)c1O. The number of carbonyl (C=O) groups excluding carboxylic acids is 1. The maximum Gasteiger partial charge on any atom is 0.244 e. The quantitative estimate of drug-likeness (QED) is 0.576. The smallest absolute Gasteiger partial charge is 0.244 e. The van der Waals surface area contributed by atoms with E-state index in [4.69, 9.17) is 0 Å². The van der Waals surface area contributed by atoms with Crippen LogP contribution in [0.15, 0.2) is 50.4 Å². The van der Waals surface area contributed by atoms with Gasteiger partial charge >= 0.3 is 0 Å². The van der Waals surface area contributed by atoms with E-state index in [1.807, 2.05) is 24.3 Å². The van der Waals surface area contributed by atoms with E-state index < -0.39 is 0 Å². The molecule has 0 bridgehead atoms. The number of amides is 1. The summed E-state index contributed by atoms with van der Waals surface area (Å²) in [5.74, 6) is -0.0705. The number of phenolic OH excluding ortho intramolecular Hbond substituents is 1. The van der Waals surface area contributed by atoms with E-state index in [9.17, 15) is 9.90 Å². The first kappa shape index (κ1) is 16.7. The third-order valence-electron chi connectivity index (χ3n) is 2.97. The molecule has 2 N–H and O–H groups in total. The Morgan fingerprint density at radius 2 is 1.91 bits per heavy atom. The second-order valence-corrected chi connectivity index (χ2v) is 6.59. The van der Waals surface area contributed by atoms with Crippen LogP contribution in [0.4, 0.5) is 0 Å². The first-order chi connectivity index (χ1) is 10.5. The Labute approximate surface area is 145 Å². The molecule has 1 amide bonds. The zero-order valence-corrected chi connectivity index (χ0v) is 15.0. The number of aryl methyl sites for hydroxylation is 1. The van der Waals surface area contributed by atoms with Gasteiger partial charge in [-0.05, 0) is 42.3 Å². The van der Waals surface area contributed by atoms with Crippen LogP contribution >= 0.6 is 31.9 Å². The molecule has 0 radical (unpaired) electrons. The highest BCUT2D eigenvalue weighted by molar-refractivity contribution is 9.10. The zero-order valence-electron chi connectivity index (χ0n) is 11.8. The van der Waals surface area contributed by atoms with Crippen molar-refractivity contribution in [3.63, 3.8) is 0 Å². The van der Waals surface area contributed by atoms with Gasteiger partial charge in [0, 0.05) is 14.5 Å². The van der Waals surface area contributed by atoms with Crippen LogP contribution in [-0.2, 0) is 11.2 Å². The van der Waals surface area contributed by atoms with Crippen molar-refractivity contribution in [1.29, 1.82) is 0 Å². The molecule has 0 aliphatic heterocycles. The first-order valence-corrected chi connectivity index (χ1v) is 8.10. The number of aromatic hydroxyl groups is 1. The highest BCUT2D eigenvalue weighted by Crippen LogP contribution is 2.25. The Balaban J connectivity index is 1.97. The second kappa shape index (κ2) is 7.56. The van der Waals surface area contributed by atoms with Crippen LogP contribution in [0.3, 0.4) is 0 Å². The van der Waals surface area contributed by atoms with Crippen molar-refractivity contribution in [3.05, 3.63) is 62.0 Å². The lowest BCUT2D eigenvalue weighted by Gasteiger charge is -2.04. The van der Waals surface area contributed by atoms with Gasteiger partial charge in [0.2, 0.25) is 5.91 Å². The van der Waals surface area contributed by atoms with Crippen LogP contribution in [0.25, 0.3) is 0 Å². The maximum absolute atomic E-state index is 11.8. The number of hydrogen-bond acceptors (Lipinski definition) is 3. The van der Waals surface area contributed by atoms with Crippen LogP contribution in [0, 0.1) is 6.92 Å². The lowest BCUT2D eigenvalue weighted by molar-refractivity contribution is -0.120. The third-order valence-corrected chi connectivity index (χ3v) is 3.95. The summed E-state index contributed by atoms with van der Waals surface area (Å²) in [7, 11) is 0. The zero-order chi connectivity index (χ0) is 16.1. The number of nitrogens with one attached hydrogen (secondary N) is 1. The molecular weight excluding hydrogens is 412 g/mol. The minimum Gasteiger partial charge on any atom is -0.507 e. The van der Waals surface area contributed by atoms with E-state index in [0.29, 0.717) is 5.56 Å². The number of phenols is 1. The Kier molecular flexibility index (Phi) is 5.74. The van der Waals surface area contributed by atoms with Gasteiger partial charge in [-0.15, -0.1) is 0 Å². The summed E-state index contributed by atoms with van der Waals surface area (Å²) in [6.45, 7) is 1.80. The number of halogens is 2. The molecule has 0 heterocycles. The van der Waals surface area contributed by atoms with Crippen LogP contribution in [0.5, 0.6) is 5.75 Å². The fourth-order valence-electron chi connectivity index (χ4n) is 1.86. The number of hydrogen-bond donors (Lipinski definition) is 2. The monoisotopic (exact) mass is 424 g/mol. The minimum absolute atomic E-state index is 0.147. The van der Waals surface area contributed by atoms with Crippen molar-refractivity contribution < 1.29 is 9.90 Å². The predicted molar refractivity (Wildman–Crippen MR) is 94.1 cm³/mol. The van der Waals surface area contributed by atoms with Gasteiger partial charge in [-0.1, -0.05) is 44.0 Å². The largest absolute Gasteiger partial charge is 0.507 e. The number of hydrazone groups is 1. The van der Waals surface area contributed by atoms with Crippen molar-refractivity contribution in [3.8, 4) is 5.75 Å². The highest BCUT2D eigenvalue weighted by Gasteiger charge is 2.05. The summed E-state index contributed by atoms with van der Waals surface area (Å²) >= 11 is 6.70. The van der Waals surface area contributed by atoms with Gasteiger partial charge in [-0.2, -0.15) is 5.10 Å². The number of carbonyl (C=O) groups is 1. The van der Waals surface area contributed by atoms with E-state index in [1.165, 1.54) is 6.21 Å². The molecule has 0 unspecified atom stereocenters. The summed E-state index contributed by atoms with van der Waals surface area (Å²) in [5, 5.41) is 13.8. The highest BCUT2D eigenvalue weighted by atomic mass is 79.9. The lowest BCUT2D eigenvalue weighted by atomic mass is 10.1. The van der Waals surface area contributed by atoms with Crippen LogP contribution < -0.4 is 5.43 Å².